The number of nitriles is 1. The van der Waals surface area contributed by atoms with Crippen LogP contribution >= 0.6 is 0 Å². The standard InChI is InChI=1S/C17H19N5O/c1-12-2-4-14(5-3-12)15-8-16(21-20-15)17(23)22-7-6-13(10-22)9-19-11-18/h2-5,8,13,19H,6-7,9-10H2,1H3,(H,20,21)/t13-/m1/s1. The zero-order chi connectivity index (χ0) is 16.2. The molecule has 23 heavy (non-hydrogen) atoms. The highest BCUT2D eigenvalue weighted by molar-refractivity contribution is 5.93. The molecule has 1 amide bonds. The van der Waals surface area contributed by atoms with E-state index in [1.807, 2.05) is 42.3 Å². The van der Waals surface area contributed by atoms with E-state index in [1.54, 1.807) is 6.07 Å². The second-order valence-corrected chi connectivity index (χ2v) is 5.93. The summed E-state index contributed by atoms with van der Waals surface area (Å²) in [6, 6.07) is 9.85. The Hall–Kier alpha value is -2.81. The molecule has 118 valence electrons. The van der Waals surface area contributed by atoms with Gasteiger partial charge in [-0.25, -0.2) is 0 Å². The van der Waals surface area contributed by atoms with Gasteiger partial charge in [-0.1, -0.05) is 29.8 Å². The Bertz CT molecular complexity index is 728. The van der Waals surface area contributed by atoms with E-state index in [2.05, 4.69) is 15.5 Å². The minimum Gasteiger partial charge on any atom is -0.337 e. The molecule has 0 unspecified atom stereocenters. The number of aryl methyl sites for hydroxylation is 1. The molecule has 1 saturated heterocycles. The van der Waals surface area contributed by atoms with Gasteiger partial charge in [0.2, 0.25) is 0 Å². The number of nitrogens with zero attached hydrogens (tertiary/aromatic N) is 3. The molecule has 2 aromatic rings. The van der Waals surface area contributed by atoms with Crippen molar-refractivity contribution in [2.45, 2.75) is 13.3 Å². The van der Waals surface area contributed by atoms with Crippen LogP contribution in [-0.2, 0) is 0 Å². The summed E-state index contributed by atoms with van der Waals surface area (Å²) in [4.78, 5) is 14.3. The highest BCUT2D eigenvalue weighted by Gasteiger charge is 2.27. The second kappa shape index (κ2) is 6.53. The number of carbonyl (C=O) groups is 1. The van der Waals surface area contributed by atoms with Gasteiger partial charge in [-0.05, 0) is 25.3 Å². The normalized spacial score (nSPS) is 17.0. The Kier molecular flexibility index (Phi) is 4.29. The lowest BCUT2D eigenvalue weighted by atomic mass is 10.1. The third-order valence-electron chi connectivity index (χ3n) is 4.20. The number of likely N-dealkylation sites (tertiary alicyclic amines) is 1. The van der Waals surface area contributed by atoms with Gasteiger partial charge >= 0.3 is 0 Å². The summed E-state index contributed by atoms with van der Waals surface area (Å²) in [5, 5.41) is 18.3. The van der Waals surface area contributed by atoms with E-state index < -0.39 is 0 Å². The maximum absolute atomic E-state index is 12.5. The molecule has 0 saturated carbocycles. The molecule has 3 rings (SSSR count). The molecule has 1 atom stereocenters. The predicted octanol–water partition coefficient (Wildman–Crippen LogP) is 1.92. The van der Waals surface area contributed by atoms with Crippen LogP contribution in [0.1, 0.15) is 22.5 Å². The van der Waals surface area contributed by atoms with Gasteiger partial charge in [0, 0.05) is 25.2 Å². The van der Waals surface area contributed by atoms with Crippen molar-refractivity contribution < 1.29 is 4.79 Å². The number of aromatic amines is 1. The number of hydrogen-bond donors (Lipinski definition) is 2. The average Bonchev–Trinajstić information content (AvgIpc) is 3.22. The van der Waals surface area contributed by atoms with Crippen LogP contribution in [0.3, 0.4) is 0 Å². The highest BCUT2D eigenvalue weighted by atomic mass is 16.2. The Morgan fingerprint density at radius 2 is 2.26 bits per heavy atom. The van der Waals surface area contributed by atoms with E-state index in [4.69, 9.17) is 5.26 Å². The van der Waals surface area contributed by atoms with Crippen LogP contribution in [0.25, 0.3) is 11.3 Å². The zero-order valence-corrected chi connectivity index (χ0v) is 13.0. The Morgan fingerprint density at radius 1 is 1.48 bits per heavy atom. The number of hydrogen-bond acceptors (Lipinski definition) is 4. The van der Waals surface area contributed by atoms with E-state index in [0.29, 0.717) is 24.7 Å². The number of amides is 1. The highest BCUT2D eigenvalue weighted by Crippen LogP contribution is 2.21. The summed E-state index contributed by atoms with van der Waals surface area (Å²) in [6.45, 7) is 4.05. The van der Waals surface area contributed by atoms with E-state index in [1.165, 1.54) is 5.56 Å². The minimum atomic E-state index is -0.0321. The lowest BCUT2D eigenvalue weighted by Gasteiger charge is -2.15. The molecule has 1 aliphatic heterocycles. The first-order valence-corrected chi connectivity index (χ1v) is 7.71. The summed E-state index contributed by atoms with van der Waals surface area (Å²) in [6.07, 6.45) is 2.84. The molecular weight excluding hydrogens is 290 g/mol. The van der Waals surface area contributed by atoms with Crippen molar-refractivity contribution in [2.24, 2.45) is 5.92 Å². The molecule has 2 N–H and O–H groups in total. The SMILES string of the molecule is Cc1ccc(-c2cc(C(=O)N3CC[C@H](CNC#N)C3)[nH]n2)cc1. The fourth-order valence-electron chi connectivity index (χ4n) is 2.85. The molecule has 0 bridgehead atoms. The van der Waals surface area contributed by atoms with Crippen molar-refractivity contribution in [1.82, 2.24) is 20.4 Å². The molecule has 1 aromatic carbocycles. The smallest absolute Gasteiger partial charge is 0.271 e. The van der Waals surface area contributed by atoms with Crippen LogP contribution in [-0.4, -0.2) is 40.6 Å². The largest absolute Gasteiger partial charge is 0.337 e. The lowest BCUT2D eigenvalue weighted by Crippen LogP contribution is -2.30. The van der Waals surface area contributed by atoms with Crippen LogP contribution in [0.2, 0.25) is 0 Å². The van der Waals surface area contributed by atoms with Crippen LogP contribution in [0, 0.1) is 24.3 Å². The molecule has 0 aliphatic carbocycles. The molecule has 1 fully saturated rings. The van der Waals surface area contributed by atoms with E-state index in [0.717, 1.165) is 24.2 Å². The number of carbonyl (C=O) groups excluding carboxylic acids is 1. The van der Waals surface area contributed by atoms with E-state index in [9.17, 15) is 4.79 Å². The predicted molar refractivity (Wildman–Crippen MR) is 86.4 cm³/mol. The van der Waals surface area contributed by atoms with Gasteiger partial charge in [0.15, 0.2) is 6.19 Å². The quantitative estimate of drug-likeness (QED) is 0.667. The molecule has 2 heterocycles. The topological polar surface area (TPSA) is 84.8 Å². The zero-order valence-electron chi connectivity index (χ0n) is 13.0. The van der Waals surface area contributed by atoms with E-state index >= 15 is 0 Å². The second-order valence-electron chi connectivity index (χ2n) is 5.93. The van der Waals surface area contributed by atoms with Gasteiger partial charge in [0.05, 0.1) is 5.69 Å². The van der Waals surface area contributed by atoms with Crippen LogP contribution < -0.4 is 5.32 Å². The maximum Gasteiger partial charge on any atom is 0.271 e. The van der Waals surface area contributed by atoms with Gasteiger partial charge in [-0.3, -0.25) is 9.89 Å². The average molecular weight is 309 g/mol. The molecular formula is C17H19N5O. The number of H-pyrrole nitrogens is 1. The molecule has 6 nitrogen and oxygen atoms in total. The number of rotatable bonds is 4. The Balaban J connectivity index is 1.67. The lowest BCUT2D eigenvalue weighted by molar-refractivity contribution is 0.0781. The number of nitrogens with one attached hydrogen (secondary N) is 2. The van der Waals surface area contributed by atoms with Gasteiger partial charge < -0.3 is 10.2 Å². The van der Waals surface area contributed by atoms with E-state index in [-0.39, 0.29) is 5.91 Å². The van der Waals surface area contributed by atoms with Crippen molar-refractivity contribution in [1.29, 1.82) is 5.26 Å². The summed E-state index contributed by atoms with van der Waals surface area (Å²) in [5.74, 6) is 0.299. The van der Waals surface area contributed by atoms with Crippen LogP contribution in [0.5, 0.6) is 0 Å². The van der Waals surface area contributed by atoms with Gasteiger partial charge in [-0.2, -0.15) is 10.4 Å². The van der Waals surface area contributed by atoms with Crippen molar-refractivity contribution in [3.63, 3.8) is 0 Å². The first-order chi connectivity index (χ1) is 11.2. The Morgan fingerprint density at radius 3 is 3.00 bits per heavy atom. The maximum atomic E-state index is 12.5. The minimum absolute atomic E-state index is 0.0321. The third-order valence-corrected chi connectivity index (χ3v) is 4.20. The molecule has 0 radical (unpaired) electrons. The summed E-state index contributed by atoms with van der Waals surface area (Å²) in [7, 11) is 0. The van der Waals surface area contributed by atoms with Crippen LogP contribution in [0.4, 0.5) is 0 Å². The molecule has 1 aliphatic rings. The van der Waals surface area contributed by atoms with Crippen molar-refractivity contribution in [2.75, 3.05) is 19.6 Å². The fraction of sp³-hybridized carbons (Fsp3) is 0.353. The molecule has 0 spiro atoms. The van der Waals surface area contributed by atoms with Crippen molar-refractivity contribution >= 4 is 5.91 Å². The third kappa shape index (κ3) is 3.34. The monoisotopic (exact) mass is 309 g/mol. The summed E-state index contributed by atoms with van der Waals surface area (Å²) < 4.78 is 0. The Labute approximate surface area is 135 Å². The number of aromatic nitrogens is 2. The number of benzene rings is 1. The van der Waals surface area contributed by atoms with Gasteiger partial charge in [0.25, 0.3) is 5.91 Å². The molecule has 1 aromatic heterocycles. The van der Waals surface area contributed by atoms with Gasteiger partial charge in [0.1, 0.15) is 5.69 Å². The summed E-state index contributed by atoms with van der Waals surface area (Å²) >= 11 is 0. The molecule has 6 heteroatoms. The van der Waals surface area contributed by atoms with Crippen molar-refractivity contribution in [3.05, 3.63) is 41.6 Å². The fourth-order valence-corrected chi connectivity index (χ4v) is 2.85. The van der Waals surface area contributed by atoms with Gasteiger partial charge in [-0.15, -0.1) is 0 Å². The summed E-state index contributed by atoms with van der Waals surface area (Å²) in [5.41, 5.74) is 3.46. The van der Waals surface area contributed by atoms with Crippen molar-refractivity contribution in [3.8, 4) is 17.5 Å². The first kappa shape index (κ1) is 15.1. The first-order valence-electron chi connectivity index (χ1n) is 7.71. The van der Waals surface area contributed by atoms with Crippen LogP contribution in [0.15, 0.2) is 30.3 Å².